The molecule has 4 nitrogen and oxygen atoms in total. The van der Waals surface area contributed by atoms with Crippen LogP contribution in [-0.2, 0) is 0 Å². The number of nitrogens with zero attached hydrogens (tertiary/aromatic N) is 2. The van der Waals surface area contributed by atoms with Gasteiger partial charge in [0.05, 0.1) is 9.21 Å². The molecule has 3 rings (SSSR count). The molecule has 0 saturated carbocycles. The lowest BCUT2D eigenvalue weighted by molar-refractivity contribution is 0.0588. The summed E-state index contributed by atoms with van der Waals surface area (Å²) < 4.78 is 0.680. The largest absolute Gasteiger partial charge is 0.335 e. The lowest BCUT2D eigenvalue weighted by Gasteiger charge is -2.37. The van der Waals surface area contributed by atoms with Crippen LogP contribution in [0.25, 0.3) is 0 Å². The van der Waals surface area contributed by atoms with Gasteiger partial charge < -0.3 is 10.2 Å². The summed E-state index contributed by atoms with van der Waals surface area (Å²) in [5, 5.41) is 3.40. The van der Waals surface area contributed by atoms with Gasteiger partial charge in [0.1, 0.15) is 0 Å². The first-order valence-corrected chi connectivity index (χ1v) is 7.93. The molecule has 0 spiro atoms. The zero-order valence-corrected chi connectivity index (χ0v) is 13.6. The number of halogens is 2. The van der Waals surface area contributed by atoms with E-state index in [1.165, 1.54) is 17.8 Å². The zero-order chi connectivity index (χ0) is 13.2. The van der Waals surface area contributed by atoms with Crippen molar-refractivity contribution in [2.75, 3.05) is 39.3 Å². The number of piperazine rings is 1. The van der Waals surface area contributed by atoms with Gasteiger partial charge >= 0.3 is 0 Å². The molecule has 0 bridgehead atoms. The standard InChI is InChI=1S/C13H18ClN3OS.ClH/c14-12-2-1-11(19-12)13(18)17-7-5-16(6-8-17)10-3-4-15-9-10;/h1-2,10,15H,3-9H2;1H. The predicted octanol–water partition coefficient (Wildman–Crippen LogP) is 1.94. The van der Waals surface area contributed by atoms with Crippen LogP contribution in [-0.4, -0.2) is 61.0 Å². The Morgan fingerprint density at radius 1 is 1.30 bits per heavy atom. The van der Waals surface area contributed by atoms with E-state index in [0.29, 0.717) is 10.4 Å². The van der Waals surface area contributed by atoms with E-state index in [9.17, 15) is 4.79 Å². The minimum absolute atomic E-state index is 0. The van der Waals surface area contributed by atoms with E-state index in [2.05, 4.69) is 10.2 Å². The third kappa shape index (κ3) is 3.46. The number of nitrogens with one attached hydrogen (secondary N) is 1. The SMILES string of the molecule is Cl.O=C(c1ccc(Cl)s1)N1CCN(C2CCNC2)CC1. The summed E-state index contributed by atoms with van der Waals surface area (Å²) in [4.78, 5) is 17.5. The van der Waals surface area contributed by atoms with E-state index in [1.54, 1.807) is 6.07 Å². The molecule has 0 aliphatic carbocycles. The van der Waals surface area contributed by atoms with Crippen molar-refractivity contribution in [1.29, 1.82) is 0 Å². The van der Waals surface area contributed by atoms with Crippen LogP contribution in [0, 0.1) is 0 Å². The number of carbonyl (C=O) groups is 1. The van der Waals surface area contributed by atoms with Crippen LogP contribution in [0.4, 0.5) is 0 Å². The topological polar surface area (TPSA) is 35.6 Å². The minimum atomic E-state index is 0. The van der Waals surface area contributed by atoms with Gasteiger partial charge in [0, 0.05) is 38.8 Å². The molecule has 2 aliphatic rings. The van der Waals surface area contributed by atoms with Crippen molar-refractivity contribution in [2.45, 2.75) is 12.5 Å². The molecule has 2 fully saturated rings. The zero-order valence-electron chi connectivity index (χ0n) is 11.2. The van der Waals surface area contributed by atoms with Crippen LogP contribution >= 0.6 is 35.3 Å². The normalized spacial score (nSPS) is 23.6. The van der Waals surface area contributed by atoms with E-state index in [-0.39, 0.29) is 18.3 Å². The first-order valence-electron chi connectivity index (χ1n) is 6.73. The Labute approximate surface area is 134 Å². The molecule has 3 heterocycles. The molecule has 1 atom stereocenters. The lowest BCUT2D eigenvalue weighted by Crippen LogP contribution is -2.52. The van der Waals surface area contributed by atoms with Gasteiger partial charge in [0.15, 0.2) is 0 Å². The van der Waals surface area contributed by atoms with E-state index in [1.807, 2.05) is 11.0 Å². The molecule has 0 aromatic carbocycles. The molecular formula is C13H19Cl2N3OS. The molecule has 112 valence electrons. The van der Waals surface area contributed by atoms with Crippen LogP contribution in [0.1, 0.15) is 16.1 Å². The van der Waals surface area contributed by atoms with E-state index < -0.39 is 0 Å². The molecule has 1 amide bonds. The summed E-state index contributed by atoms with van der Waals surface area (Å²) >= 11 is 7.25. The number of carbonyl (C=O) groups excluding carboxylic acids is 1. The van der Waals surface area contributed by atoms with Crippen molar-refractivity contribution in [1.82, 2.24) is 15.1 Å². The van der Waals surface area contributed by atoms with Crippen LogP contribution in [0.3, 0.4) is 0 Å². The Balaban J connectivity index is 0.00000147. The van der Waals surface area contributed by atoms with Gasteiger partial charge in [-0.2, -0.15) is 0 Å². The Morgan fingerprint density at radius 2 is 2.05 bits per heavy atom. The number of amides is 1. The minimum Gasteiger partial charge on any atom is -0.335 e. The first kappa shape index (κ1) is 16.0. The van der Waals surface area contributed by atoms with Crippen LogP contribution in [0.15, 0.2) is 12.1 Å². The monoisotopic (exact) mass is 335 g/mol. The average molecular weight is 336 g/mol. The fourth-order valence-corrected chi connectivity index (χ4v) is 3.84. The van der Waals surface area contributed by atoms with Gasteiger partial charge in [0.2, 0.25) is 0 Å². The van der Waals surface area contributed by atoms with Gasteiger partial charge in [-0.25, -0.2) is 0 Å². The number of rotatable bonds is 2. The average Bonchev–Trinajstić information content (AvgIpc) is 3.09. The van der Waals surface area contributed by atoms with E-state index in [0.717, 1.165) is 44.1 Å². The van der Waals surface area contributed by atoms with Crippen molar-refractivity contribution >= 4 is 41.3 Å². The van der Waals surface area contributed by atoms with E-state index in [4.69, 9.17) is 11.6 Å². The van der Waals surface area contributed by atoms with Crippen LogP contribution < -0.4 is 5.32 Å². The lowest BCUT2D eigenvalue weighted by atomic mass is 10.2. The highest BCUT2D eigenvalue weighted by Gasteiger charge is 2.28. The molecule has 7 heteroatoms. The fourth-order valence-electron chi connectivity index (χ4n) is 2.83. The molecule has 0 radical (unpaired) electrons. The fraction of sp³-hybridized carbons (Fsp3) is 0.615. The van der Waals surface area contributed by atoms with Crippen molar-refractivity contribution in [2.24, 2.45) is 0 Å². The molecule has 2 saturated heterocycles. The second kappa shape index (κ2) is 7.09. The van der Waals surface area contributed by atoms with Gasteiger partial charge in [-0.15, -0.1) is 23.7 Å². The van der Waals surface area contributed by atoms with Gasteiger partial charge in [-0.3, -0.25) is 9.69 Å². The molecule has 1 N–H and O–H groups in total. The van der Waals surface area contributed by atoms with Gasteiger partial charge in [-0.05, 0) is 25.1 Å². The Morgan fingerprint density at radius 3 is 2.60 bits per heavy atom. The highest BCUT2D eigenvalue weighted by molar-refractivity contribution is 7.17. The van der Waals surface area contributed by atoms with E-state index >= 15 is 0 Å². The predicted molar refractivity (Wildman–Crippen MR) is 85.3 cm³/mol. The Kier molecular flexibility index (Phi) is 5.69. The van der Waals surface area contributed by atoms with Gasteiger partial charge in [0.25, 0.3) is 5.91 Å². The summed E-state index contributed by atoms with van der Waals surface area (Å²) in [5.41, 5.74) is 0. The summed E-state index contributed by atoms with van der Waals surface area (Å²) in [6.45, 7) is 5.83. The second-order valence-corrected chi connectivity index (χ2v) is 6.79. The smallest absolute Gasteiger partial charge is 0.264 e. The Hall–Kier alpha value is -0.330. The third-order valence-electron chi connectivity index (χ3n) is 3.94. The molecule has 2 aliphatic heterocycles. The molecule has 1 unspecified atom stereocenters. The Bertz CT molecular complexity index is 454. The summed E-state index contributed by atoms with van der Waals surface area (Å²) in [5.74, 6) is 0.126. The first-order chi connectivity index (χ1) is 9.24. The maximum Gasteiger partial charge on any atom is 0.264 e. The van der Waals surface area contributed by atoms with Crippen LogP contribution in [0.2, 0.25) is 4.34 Å². The molecule has 20 heavy (non-hydrogen) atoms. The van der Waals surface area contributed by atoms with Crippen molar-refractivity contribution in [3.8, 4) is 0 Å². The van der Waals surface area contributed by atoms with Gasteiger partial charge in [-0.1, -0.05) is 11.6 Å². The van der Waals surface area contributed by atoms with Crippen molar-refractivity contribution in [3.63, 3.8) is 0 Å². The van der Waals surface area contributed by atoms with Crippen molar-refractivity contribution in [3.05, 3.63) is 21.3 Å². The number of thiophene rings is 1. The maximum absolute atomic E-state index is 12.3. The quantitative estimate of drug-likeness (QED) is 0.897. The third-order valence-corrected chi connectivity index (χ3v) is 5.16. The summed E-state index contributed by atoms with van der Waals surface area (Å²) in [6, 6.07) is 4.27. The maximum atomic E-state index is 12.3. The van der Waals surface area contributed by atoms with Crippen LogP contribution in [0.5, 0.6) is 0 Å². The molecule has 1 aromatic rings. The van der Waals surface area contributed by atoms with Crippen molar-refractivity contribution < 1.29 is 4.79 Å². The molecule has 1 aromatic heterocycles. The summed E-state index contributed by atoms with van der Waals surface area (Å²) in [6.07, 6.45) is 1.23. The second-order valence-electron chi connectivity index (χ2n) is 5.08. The highest BCUT2D eigenvalue weighted by atomic mass is 35.5. The number of hydrogen-bond donors (Lipinski definition) is 1. The molecular weight excluding hydrogens is 317 g/mol. The number of hydrogen-bond acceptors (Lipinski definition) is 4. The highest BCUT2D eigenvalue weighted by Crippen LogP contribution is 2.23. The summed E-state index contributed by atoms with van der Waals surface area (Å²) in [7, 11) is 0.